The minimum Gasteiger partial charge on any atom is -0.425 e. The van der Waals surface area contributed by atoms with Crippen LogP contribution >= 0.6 is 0 Å². The van der Waals surface area contributed by atoms with Crippen LogP contribution in [0.2, 0.25) is 0 Å². The van der Waals surface area contributed by atoms with E-state index in [4.69, 9.17) is 4.42 Å². The minimum atomic E-state index is -0.00756. The van der Waals surface area contributed by atoms with E-state index < -0.39 is 0 Å². The van der Waals surface area contributed by atoms with Crippen LogP contribution in [0.25, 0.3) is 0 Å². The van der Waals surface area contributed by atoms with Gasteiger partial charge >= 0.3 is 0 Å². The van der Waals surface area contributed by atoms with E-state index in [1.165, 1.54) is 18.4 Å². The zero-order valence-electron chi connectivity index (χ0n) is 15.0. The number of hydrogen-bond acceptors (Lipinski definition) is 4. The number of rotatable bonds is 4. The third-order valence-electron chi connectivity index (χ3n) is 5.52. The third-order valence-corrected chi connectivity index (χ3v) is 5.52. The van der Waals surface area contributed by atoms with Crippen LogP contribution < -0.4 is 4.90 Å². The average Bonchev–Trinajstić information content (AvgIpc) is 3.32. The molecule has 2 heterocycles. The summed E-state index contributed by atoms with van der Waals surface area (Å²) < 4.78 is 5.80. The number of carbonyl (C=O) groups is 1. The fraction of sp³-hybridized carbons (Fsp3) is 0.550. The number of anilines is 1. The smallest absolute Gasteiger partial charge is 0.227 e. The van der Waals surface area contributed by atoms with E-state index in [-0.39, 0.29) is 11.3 Å². The van der Waals surface area contributed by atoms with Crippen LogP contribution in [0.4, 0.5) is 5.69 Å². The summed E-state index contributed by atoms with van der Waals surface area (Å²) in [5.74, 6) is 1.89. The number of hydrogen-bond donors (Lipinski definition) is 0. The topological polar surface area (TPSA) is 59.2 Å². The summed E-state index contributed by atoms with van der Waals surface area (Å²) in [6.45, 7) is 5.10. The molecule has 1 aliphatic heterocycles. The van der Waals surface area contributed by atoms with Crippen molar-refractivity contribution in [1.82, 2.24) is 10.2 Å². The summed E-state index contributed by atoms with van der Waals surface area (Å²) in [5.41, 5.74) is 2.27. The normalized spacial score (nSPS) is 19.4. The van der Waals surface area contributed by atoms with Gasteiger partial charge in [-0.1, -0.05) is 44.9 Å². The van der Waals surface area contributed by atoms with Gasteiger partial charge in [0.1, 0.15) is 0 Å². The second kappa shape index (κ2) is 6.28. The zero-order chi connectivity index (χ0) is 17.4. The molecule has 1 saturated carbocycles. The summed E-state index contributed by atoms with van der Waals surface area (Å²) in [4.78, 5) is 14.7. The van der Waals surface area contributed by atoms with Gasteiger partial charge in [-0.2, -0.15) is 0 Å². The Hall–Kier alpha value is -2.17. The molecule has 2 aliphatic rings. The van der Waals surface area contributed by atoms with Crippen molar-refractivity contribution >= 4 is 11.6 Å². The highest BCUT2D eigenvalue weighted by Gasteiger charge is 2.37. The molecular weight excluding hydrogens is 314 g/mol. The first-order valence-corrected chi connectivity index (χ1v) is 9.27. The molecule has 2 aromatic rings. The number of amides is 1. The van der Waals surface area contributed by atoms with Crippen molar-refractivity contribution in [3.05, 3.63) is 41.6 Å². The quantitative estimate of drug-likeness (QED) is 0.845. The van der Waals surface area contributed by atoms with Gasteiger partial charge in [-0.15, -0.1) is 10.2 Å². The highest BCUT2D eigenvalue weighted by Crippen LogP contribution is 2.40. The van der Waals surface area contributed by atoms with Gasteiger partial charge < -0.3 is 9.32 Å². The van der Waals surface area contributed by atoms with Crippen molar-refractivity contribution in [2.75, 3.05) is 11.4 Å². The SMILES string of the molecule is CC1(C)CN(C(=O)CCc2nnc(C3CCCC3)o2)c2ccccc21. The summed E-state index contributed by atoms with van der Waals surface area (Å²) in [6.07, 6.45) is 5.67. The number of benzene rings is 1. The van der Waals surface area contributed by atoms with Gasteiger partial charge in [0.05, 0.1) is 0 Å². The van der Waals surface area contributed by atoms with Crippen LogP contribution in [0, 0.1) is 0 Å². The fourth-order valence-electron chi connectivity index (χ4n) is 4.12. The van der Waals surface area contributed by atoms with Crippen molar-refractivity contribution < 1.29 is 9.21 Å². The largest absolute Gasteiger partial charge is 0.425 e. The van der Waals surface area contributed by atoms with Crippen LogP contribution in [-0.4, -0.2) is 22.6 Å². The van der Waals surface area contributed by atoms with E-state index in [0.717, 1.165) is 31.0 Å². The monoisotopic (exact) mass is 339 g/mol. The lowest BCUT2D eigenvalue weighted by molar-refractivity contribution is -0.118. The summed E-state index contributed by atoms with van der Waals surface area (Å²) in [7, 11) is 0. The lowest BCUT2D eigenvalue weighted by atomic mass is 9.87. The van der Waals surface area contributed by atoms with Crippen LogP contribution in [0.5, 0.6) is 0 Å². The first-order chi connectivity index (χ1) is 12.0. The van der Waals surface area contributed by atoms with Gasteiger partial charge in [-0.05, 0) is 24.5 Å². The molecule has 0 spiro atoms. The van der Waals surface area contributed by atoms with E-state index >= 15 is 0 Å². The molecule has 1 aromatic carbocycles. The van der Waals surface area contributed by atoms with Crippen LogP contribution in [0.1, 0.15) is 69.2 Å². The highest BCUT2D eigenvalue weighted by atomic mass is 16.4. The molecule has 1 aromatic heterocycles. The molecule has 1 fully saturated rings. The zero-order valence-corrected chi connectivity index (χ0v) is 15.0. The number of aromatic nitrogens is 2. The second-order valence-corrected chi connectivity index (χ2v) is 7.90. The Morgan fingerprint density at radius 1 is 1.24 bits per heavy atom. The lowest BCUT2D eigenvalue weighted by Gasteiger charge is -2.20. The van der Waals surface area contributed by atoms with E-state index in [0.29, 0.717) is 24.7 Å². The molecule has 1 amide bonds. The third kappa shape index (κ3) is 3.08. The van der Waals surface area contributed by atoms with Crippen molar-refractivity contribution in [3.8, 4) is 0 Å². The van der Waals surface area contributed by atoms with Gasteiger partial charge in [0.25, 0.3) is 0 Å². The van der Waals surface area contributed by atoms with Crippen LogP contribution in [0.15, 0.2) is 28.7 Å². The van der Waals surface area contributed by atoms with Gasteiger partial charge in [0, 0.05) is 36.4 Å². The van der Waals surface area contributed by atoms with Crippen LogP contribution in [-0.2, 0) is 16.6 Å². The molecule has 0 saturated heterocycles. The van der Waals surface area contributed by atoms with Gasteiger partial charge in [0.15, 0.2) is 0 Å². The molecule has 5 nitrogen and oxygen atoms in total. The number of nitrogens with zero attached hydrogens (tertiary/aromatic N) is 3. The van der Waals surface area contributed by atoms with E-state index in [1.54, 1.807) is 0 Å². The molecule has 25 heavy (non-hydrogen) atoms. The molecule has 0 atom stereocenters. The first kappa shape index (κ1) is 16.3. The Bertz CT molecular complexity index is 775. The van der Waals surface area contributed by atoms with E-state index in [1.807, 2.05) is 23.1 Å². The predicted molar refractivity (Wildman–Crippen MR) is 95.6 cm³/mol. The maximum absolute atomic E-state index is 12.8. The Morgan fingerprint density at radius 3 is 2.80 bits per heavy atom. The first-order valence-electron chi connectivity index (χ1n) is 9.27. The summed E-state index contributed by atoms with van der Waals surface area (Å²) >= 11 is 0. The fourth-order valence-corrected chi connectivity index (χ4v) is 4.12. The Morgan fingerprint density at radius 2 is 2.00 bits per heavy atom. The van der Waals surface area contributed by atoms with Gasteiger partial charge in [-0.3, -0.25) is 4.79 Å². The number of fused-ring (bicyclic) bond motifs is 1. The Labute approximate surface area is 148 Å². The number of para-hydroxylation sites is 1. The second-order valence-electron chi connectivity index (χ2n) is 7.90. The highest BCUT2D eigenvalue weighted by molar-refractivity contribution is 5.96. The van der Waals surface area contributed by atoms with Crippen molar-refractivity contribution in [1.29, 1.82) is 0 Å². The summed E-state index contributed by atoms with van der Waals surface area (Å²) in [6, 6.07) is 8.19. The molecule has 5 heteroatoms. The standard InChI is InChI=1S/C20H25N3O2/c1-20(2)13-23(16-10-6-5-9-15(16)20)18(24)12-11-17-21-22-19(25-17)14-7-3-4-8-14/h5-6,9-10,14H,3-4,7-8,11-13H2,1-2H3. The molecular formula is C20H25N3O2. The summed E-state index contributed by atoms with van der Waals surface area (Å²) in [5, 5.41) is 8.34. The molecule has 0 unspecified atom stereocenters. The van der Waals surface area contributed by atoms with Crippen LogP contribution in [0.3, 0.4) is 0 Å². The molecule has 1 aliphatic carbocycles. The predicted octanol–water partition coefficient (Wildman–Crippen LogP) is 3.98. The van der Waals surface area contributed by atoms with Crippen molar-refractivity contribution in [3.63, 3.8) is 0 Å². The molecule has 0 bridgehead atoms. The molecule has 0 N–H and O–H groups in total. The van der Waals surface area contributed by atoms with Gasteiger partial charge in [-0.25, -0.2) is 0 Å². The Balaban J connectivity index is 1.41. The molecule has 0 radical (unpaired) electrons. The average molecular weight is 339 g/mol. The molecule has 132 valence electrons. The number of carbonyl (C=O) groups excluding carboxylic acids is 1. The van der Waals surface area contributed by atoms with E-state index in [2.05, 4.69) is 30.1 Å². The van der Waals surface area contributed by atoms with Gasteiger partial charge in [0.2, 0.25) is 17.7 Å². The Kier molecular flexibility index (Phi) is 4.10. The number of aryl methyl sites for hydroxylation is 1. The maximum Gasteiger partial charge on any atom is 0.227 e. The van der Waals surface area contributed by atoms with E-state index in [9.17, 15) is 4.79 Å². The minimum absolute atomic E-state index is 0.00756. The van der Waals surface area contributed by atoms with Crippen molar-refractivity contribution in [2.24, 2.45) is 0 Å². The maximum atomic E-state index is 12.8. The lowest BCUT2D eigenvalue weighted by Crippen LogP contribution is -2.34. The molecule has 4 rings (SSSR count). The van der Waals surface area contributed by atoms with Crippen molar-refractivity contribution in [2.45, 2.75) is 63.7 Å².